The molecule has 0 aromatic heterocycles. The summed E-state index contributed by atoms with van der Waals surface area (Å²) in [6, 6.07) is 0. The molecule has 0 aromatic carbocycles. The lowest BCUT2D eigenvalue weighted by atomic mass is 9.43. The van der Waals surface area contributed by atoms with Gasteiger partial charge in [-0.1, -0.05) is 27.7 Å². The standard InChI is InChI=1S/C39H62O13/c1-16-11-27(41)39(47-15-16)17(2)28-26(52-39)14-23-21-13-25(24-12-20(40)7-9-37(24,5)22(21)8-10-38(23,28)6)50-36-33(46)34(30(43)19(4)49-36)51-35-32(45)31(44)29(42)18(3)48-35/h16-26,28-36,40,42-46H,7-15H2,1-6H3/t16-,17-,18-,19+,20-,21?,22?,23?,24?,25-,26-,28-,29-,30+,31+,32+,33+,34-,35-,36-,37+,38-,39-/m0/s1. The molecule has 4 heterocycles. The number of carbonyl (C=O) groups is 1. The molecular weight excluding hydrogens is 676 g/mol. The summed E-state index contributed by atoms with van der Waals surface area (Å²) in [5.74, 6) is 0.299. The van der Waals surface area contributed by atoms with Gasteiger partial charge in [-0.2, -0.15) is 0 Å². The molecule has 296 valence electrons. The maximum atomic E-state index is 13.5. The second-order valence-corrected chi connectivity index (χ2v) is 18.8. The van der Waals surface area contributed by atoms with E-state index < -0.39 is 73.3 Å². The highest BCUT2D eigenvalue weighted by atomic mass is 16.7. The van der Waals surface area contributed by atoms with Gasteiger partial charge in [0.1, 0.15) is 36.6 Å². The minimum absolute atomic E-state index is 0.00904. The second-order valence-electron chi connectivity index (χ2n) is 18.8. The van der Waals surface area contributed by atoms with E-state index >= 15 is 0 Å². The molecule has 0 aromatic rings. The monoisotopic (exact) mass is 738 g/mol. The average Bonchev–Trinajstić information content (AvgIpc) is 3.55. The molecule has 23 atom stereocenters. The maximum absolute atomic E-state index is 13.5. The number of carbonyl (C=O) groups excluding carboxylic acids is 1. The SMILES string of the molecule is C[C@@H]1CO[C@@]2(O[C@H]3CC4C5C[C@H](O[C@@H]6O[C@H](C)[C@@H](O)[C@H](O[C@@H]7O[C@@H](C)[C@H](O)[C@@H](O)[C@H]7O)[C@H]6O)C6C[C@@H](O)CC[C@]6(C)C5CC[C@]4(C)[C@H]3[C@@H]2C)C(=O)C1. The van der Waals surface area contributed by atoms with Gasteiger partial charge in [-0.15, -0.1) is 0 Å². The van der Waals surface area contributed by atoms with E-state index in [9.17, 15) is 35.4 Å². The van der Waals surface area contributed by atoms with Crippen LogP contribution in [0.4, 0.5) is 0 Å². The Bertz CT molecular complexity index is 1350. The van der Waals surface area contributed by atoms with E-state index in [4.69, 9.17) is 28.4 Å². The number of aliphatic hydroxyl groups is 6. The van der Waals surface area contributed by atoms with Gasteiger partial charge < -0.3 is 59.1 Å². The Balaban J connectivity index is 1.04. The minimum atomic E-state index is -1.61. The van der Waals surface area contributed by atoms with Crippen molar-refractivity contribution < 1.29 is 63.9 Å². The van der Waals surface area contributed by atoms with E-state index in [2.05, 4.69) is 20.8 Å². The zero-order chi connectivity index (χ0) is 37.2. The first-order valence-corrected chi connectivity index (χ1v) is 20.1. The number of Topliss-reactive ketones (excluding diaryl/α,β-unsaturated/α-hetero) is 1. The van der Waals surface area contributed by atoms with Crippen LogP contribution >= 0.6 is 0 Å². The van der Waals surface area contributed by atoms with E-state index in [1.54, 1.807) is 6.92 Å². The summed E-state index contributed by atoms with van der Waals surface area (Å²) in [6.45, 7) is 12.7. The quantitative estimate of drug-likeness (QED) is 0.228. The van der Waals surface area contributed by atoms with E-state index in [1.165, 1.54) is 6.92 Å². The number of hydrogen-bond donors (Lipinski definition) is 6. The Labute approximate surface area is 306 Å². The molecule has 0 radical (unpaired) electrons. The smallest absolute Gasteiger partial charge is 0.232 e. The Hall–Kier alpha value is -0.810. The first-order chi connectivity index (χ1) is 24.5. The largest absolute Gasteiger partial charge is 0.393 e. The van der Waals surface area contributed by atoms with E-state index in [0.717, 1.165) is 32.1 Å². The van der Waals surface area contributed by atoms with E-state index in [0.29, 0.717) is 37.7 Å². The number of rotatable bonds is 4. The molecule has 8 rings (SSSR count). The van der Waals surface area contributed by atoms with Gasteiger partial charge in [0.2, 0.25) is 5.79 Å². The van der Waals surface area contributed by atoms with Crippen LogP contribution in [0.15, 0.2) is 0 Å². The van der Waals surface area contributed by atoms with Crippen LogP contribution in [0.3, 0.4) is 0 Å². The molecule has 0 amide bonds. The number of ether oxygens (including phenoxy) is 6. The molecule has 1 spiro atoms. The van der Waals surface area contributed by atoms with Crippen LogP contribution < -0.4 is 0 Å². The van der Waals surface area contributed by atoms with Crippen molar-refractivity contribution in [3.63, 3.8) is 0 Å². The molecule has 4 saturated heterocycles. The van der Waals surface area contributed by atoms with Crippen molar-refractivity contribution in [2.24, 2.45) is 52.3 Å². The molecule has 8 aliphatic rings. The topological polar surface area (TPSA) is 194 Å². The van der Waals surface area contributed by atoms with Crippen LogP contribution in [0.1, 0.15) is 92.9 Å². The van der Waals surface area contributed by atoms with Gasteiger partial charge in [-0.25, -0.2) is 0 Å². The van der Waals surface area contributed by atoms with Crippen molar-refractivity contribution in [1.82, 2.24) is 0 Å². The number of fused-ring (bicyclic) bond motifs is 7. The van der Waals surface area contributed by atoms with Crippen molar-refractivity contribution in [2.75, 3.05) is 6.61 Å². The van der Waals surface area contributed by atoms with Crippen molar-refractivity contribution in [3.05, 3.63) is 0 Å². The molecule has 13 nitrogen and oxygen atoms in total. The fourth-order valence-electron chi connectivity index (χ4n) is 13.1. The number of aliphatic hydroxyl groups excluding tert-OH is 6. The lowest BCUT2D eigenvalue weighted by Crippen LogP contribution is -2.64. The number of ketones is 1. The third kappa shape index (κ3) is 5.65. The van der Waals surface area contributed by atoms with Crippen molar-refractivity contribution in [2.45, 2.75) is 178 Å². The summed E-state index contributed by atoms with van der Waals surface area (Å²) >= 11 is 0. The van der Waals surface area contributed by atoms with Crippen LogP contribution in [0.25, 0.3) is 0 Å². The van der Waals surface area contributed by atoms with Crippen molar-refractivity contribution >= 4 is 5.78 Å². The van der Waals surface area contributed by atoms with Crippen LogP contribution in [-0.4, -0.2) is 129 Å². The first kappa shape index (κ1) is 38.1. The fourth-order valence-corrected chi connectivity index (χ4v) is 13.1. The molecule has 4 unspecified atom stereocenters. The maximum Gasteiger partial charge on any atom is 0.232 e. The summed E-state index contributed by atoms with van der Waals surface area (Å²) in [5, 5.41) is 65.0. The molecule has 8 fully saturated rings. The molecule has 52 heavy (non-hydrogen) atoms. The van der Waals surface area contributed by atoms with Gasteiger partial charge in [-0.05, 0) is 105 Å². The molecule has 4 aliphatic carbocycles. The van der Waals surface area contributed by atoms with Gasteiger partial charge >= 0.3 is 0 Å². The molecule has 0 bridgehead atoms. The second kappa shape index (κ2) is 13.4. The molecule has 6 N–H and O–H groups in total. The van der Waals surface area contributed by atoms with E-state index in [1.807, 2.05) is 6.92 Å². The highest BCUT2D eigenvalue weighted by molar-refractivity contribution is 5.87. The predicted octanol–water partition coefficient (Wildman–Crippen LogP) is 1.65. The van der Waals surface area contributed by atoms with Crippen LogP contribution in [0, 0.1) is 52.3 Å². The predicted molar refractivity (Wildman–Crippen MR) is 182 cm³/mol. The fraction of sp³-hybridized carbons (Fsp3) is 0.974. The first-order valence-electron chi connectivity index (χ1n) is 20.1. The Morgan fingerprint density at radius 3 is 2.10 bits per heavy atom. The molecule has 13 heteroatoms. The highest BCUT2D eigenvalue weighted by Gasteiger charge is 2.71. The average molecular weight is 739 g/mol. The summed E-state index contributed by atoms with van der Waals surface area (Å²) in [6.07, 6.45) is -7.36. The van der Waals surface area contributed by atoms with Crippen molar-refractivity contribution in [3.8, 4) is 0 Å². The third-order valence-electron chi connectivity index (χ3n) is 15.9. The highest BCUT2D eigenvalue weighted by Crippen LogP contribution is 2.71. The Morgan fingerprint density at radius 1 is 0.712 bits per heavy atom. The van der Waals surface area contributed by atoms with Crippen LogP contribution in [0.2, 0.25) is 0 Å². The summed E-state index contributed by atoms with van der Waals surface area (Å²) < 4.78 is 37.7. The zero-order valence-corrected chi connectivity index (χ0v) is 31.5. The van der Waals surface area contributed by atoms with Gasteiger partial charge in [-0.3, -0.25) is 4.79 Å². The van der Waals surface area contributed by atoms with Crippen LogP contribution in [0.5, 0.6) is 0 Å². The number of hydrogen-bond acceptors (Lipinski definition) is 13. The Morgan fingerprint density at radius 2 is 1.38 bits per heavy atom. The van der Waals surface area contributed by atoms with Gasteiger partial charge in [0.25, 0.3) is 0 Å². The van der Waals surface area contributed by atoms with Crippen molar-refractivity contribution in [1.29, 1.82) is 0 Å². The van der Waals surface area contributed by atoms with Crippen LogP contribution in [-0.2, 0) is 33.2 Å². The zero-order valence-electron chi connectivity index (χ0n) is 31.5. The molecule has 4 saturated carbocycles. The lowest BCUT2D eigenvalue weighted by Gasteiger charge is -2.63. The van der Waals surface area contributed by atoms with Gasteiger partial charge in [0.15, 0.2) is 18.4 Å². The van der Waals surface area contributed by atoms with Gasteiger partial charge in [0.05, 0.1) is 37.1 Å². The normalized spacial score (nSPS) is 60.5. The molecular formula is C39H62O13. The summed E-state index contributed by atoms with van der Waals surface area (Å²) in [5.41, 5.74) is -0.177. The minimum Gasteiger partial charge on any atom is -0.393 e. The third-order valence-corrected chi connectivity index (χ3v) is 15.9. The van der Waals surface area contributed by atoms with E-state index in [-0.39, 0.29) is 58.4 Å². The summed E-state index contributed by atoms with van der Waals surface area (Å²) in [4.78, 5) is 13.5. The Kier molecular flexibility index (Phi) is 9.82. The lowest BCUT2D eigenvalue weighted by molar-refractivity contribution is -0.363. The molecule has 4 aliphatic heterocycles. The van der Waals surface area contributed by atoms with Gasteiger partial charge in [0, 0.05) is 12.3 Å². The summed E-state index contributed by atoms with van der Waals surface area (Å²) in [7, 11) is 0.